The minimum atomic E-state index is -2.39. The van der Waals surface area contributed by atoms with Crippen LogP contribution in [0.5, 0.6) is 0 Å². The molecule has 1 aliphatic heterocycles. The summed E-state index contributed by atoms with van der Waals surface area (Å²) in [5.41, 5.74) is 0. The number of nitrogens with one attached hydrogen (secondary N) is 1. The van der Waals surface area contributed by atoms with Gasteiger partial charge in [-0.05, 0) is 32.2 Å². The topological polar surface area (TPSA) is 12.0 Å². The largest absolute Gasteiger partial charge is 0.314 e. The second-order valence-corrected chi connectivity index (χ2v) is 4.39. The molecular formula is C10H17F2N. The third-order valence-corrected chi connectivity index (χ3v) is 3.11. The Balaban J connectivity index is 1.80. The molecule has 0 amide bonds. The van der Waals surface area contributed by atoms with Crippen LogP contribution in [0.25, 0.3) is 0 Å². The molecule has 0 bridgehead atoms. The van der Waals surface area contributed by atoms with Crippen LogP contribution in [0.4, 0.5) is 8.78 Å². The van der Waals surface area contributed by atoms with E-state index in [-0.39, 0.29) is 18.4 Å². The van der Waals surface area contributed by atoms with Crippen LogP contribution in [-0.2, 0) is 0 Å². The first-order chi connectivity index (χ1) is 6.18. The zero-order chi connectivity index (χ0) is 9.31. The van der Waals surface area contributed by atoms with Crippen molar-refractivity contribution < 1.29 is 8.78 Å². The van der Waals surface area contributed by atoms with Gasteiger partial charge >= 0.3 is 0 Å². The number of alkyl halides is 2. The van der Waals surface area contributed by atoms with E-state index in [9.17, 15) is 8.78 Å². The number of piperidine rings is 1. The molecule has 2 aliphatic rings. The quantitative estimate of drug-likeness (QED) is 0.719. The summed E-state index contributed by atoms with van der Waals surface area (Å²) < 4.78 is 26.7. The van der Waals surface area contributed by atoms with Crippen molar-refractivity contribution in [1.29, 1.82) is 0 Å². The van der Waals surface area contributed by atoms with Gasteiger partial charge in [-0.3, -0.25) is 0 Å². The van der Waals surface area contributed by atoms with Crippen LogP contribution >= 0.6 is 0 Å². The molecule has 1 atom stereocenters. The number of rotatable bonds is 3. The average molecular weight is 189 g/mol. The van der Waals surface area contributed by atoms with E-state index in [1.54, 1.807) is 0 Å². The van der Waals surface area contributed by atoms with Gasteiger partial charge in [0.05, 0.1) is 0 Å². The maximum Gasteiger partial charge on any atom is 0.252 e. The van der Waals surface area contributed by atoms with E-state index in [4.69, 9.17) is 0 Å². The number of hydrogen-bond donors (Lipinski definition) is 1. The van der Waals surface area contributed by atoms with Crippen LogP contribution in [0.15, 0.2) is 0 Å². The van der Waals surface area contributed by atoms with Gasteiger partial charge in [0.25, 0.3) is 5.92 Å². The summed E-state index contributed by atoms with van der Waals surface area (Å²) in [4.78, 5) is 0. The van der Waals surface area contributed by atoms with Gasteiger partial charge in [0.1, 0.15) is 0 Å². The summed E-state index contributed by atoms with van der Waals surface area (Å²) in [5.74, 6) is -2.69. The number of halogens is 2. The maximum absolute atomic E-state index is 13.4. The van der Waals surface area contributed by atoms with Crippen molar-refractivity contribution >= 4 is 0 Å². The molecule has 0 spiro atoms. The van der Waals surface area contributed by atoms with Crippen molar-refractivity contribution in [2.75, 3.05) is 6.54 Å². The molecule has 2 rings (SSSR count). The first-order valence-corrected chi connectivity index (χ1v) is 5.30. The van der Waals surface area contributed by atoms with Crippen LogP contribution < -0.4 is 5.32 Å². The fourth-order valence-electron chi connectivity index (χ4n) is 2.10. The summed E-state index contributed by atoms with van der Waals surface area (Å²) >= 11 is 0. The van der Waals surface area contributed by atoms with Crippen molar-refractivity contribution in [2.24, 2.45) is 5.92 Å². The molecule has 1 saturated carbocycles. The smallest absolute Gasteiger partial charge is 0.252 e. The van der Waals surface area contributed by atoms with Gasteiger partial charge in [-0.15, -0.1) is 0 Å². The van der Waals surface area contributed by atoms with E-state index in [0.29, 0.717) is 0 Å². The summed E-state index contributed by atoms with van der Waals surface area (Å²) in [6, 6.07) is 0.0735. The van der Waals surface area contributed by atoms with Crippen LogP contribution in [0.1, 0.15) is 38.5 Å². The zero-order valence-electron chi connectivity index (χ0n) is 7.86. The zero-order valence-corrected chi connectivity index (χ0v) is 7.86. The first kappa shape index (κ1) is 9.38. The van der Waals surface area contributed by atoms with Crippen LogP contribution in [0, 0.1) is 5.92 Å². The monoisotopic (exact) mass is 189 g/mol. The SMILES string of the molecule is FC(F)(CC1CCCCN1)C1CC1. The van der Waals surface area contributed by atoms with Gasteiger partial charge in [0, 0.05) is 18.4 Å². The van der Waals surface area contributed by atoms with Gasteiger partial charge in [-0.1, -0.05) is 6.42 Å². The lowest BCUT2D eigenvalue weighted by molar-refractivity contribution is -0.0410. The molecule has 1 unspecified atom stereocenters. The summed E-state index contributed by atoms with van der Waals surface area (Å²) in [5, 5.41) is 3.18. The van der Waals surface area contributed by atoms with E-state index in [2.05, 4.69) is 5.32 Å². The Morgan fingerprint density at radius 2 is 1.92 bits per heavy atom. The highest BCUT2D eigenvalue weighted by Gasteiger charge is 2.47. The average Bonchev–Trinajstić information content (AvgIpc) is 2.87. The van der Waals surface area contributed by atoms with Crippen LogP contribution in [0.3, 0.4) is 0 Å². The fraction of sp³-hybridized carbons (Fsp3) is 1.00. The second-order valence-electron chi connectivity index (χ2n) is 4.39. The Morgan fingerprint density at radius 1 is 1.15 bits per heavy atom. The lowest BCUT2D eigenvalue weighted by Crippen LogP contribution is -2.39. The highest BCUT2D eigenvalue weighted by atomic mass is 19.3. The lowest BCUT2D eigenvalue weighted by atomic mass is 9.97. The standard InChI is InChI=1S/C10H17F2N/c11-10(12,8-4-5-8)7-9-3-1-2-6-13-9/h8-9,13H,1-7H2. The second kappa shape index (κ2) is 3.52. The number of hydrogen-bond acceptors (Lipinski definition) is 1. The molecule has 1 N–H and O–H groups in total. The van der Waals surface area contributed by atoms with Gasteiger partial charge in [-0.25, -0.2) is 8.78 Å². The van der Waals surface area contributed by atoms with E-state index >= 15 is 0 Å². The van der Waals surface area contributed by atoms with Crippen LogP contribution in [0.2, 0.25) is 0 Å². The van der Waals surface area contributed by atoms with Crippen molar-refractivity contribution in [3.8, 4) is 0 Å². The van der Waals surface area contributed by atoms with E-state index < -0.39 is 5.92 Å². The molecule has 13 heavy (non-hydrogen) atoms. The van der Waals surface area contributed by atoms with E-state index in [1.165, 1.54) is 0 Å². The molecule has 0 aromatic heterocycles. The van der Waals surface area contributed by atoms with Crippen molar-refractivity contribution in [2.45, 2.75) is 50.5 Å². The highest BCUT2D eigenvalue weighted by Crippen LogP contribution is 2.46. The molecule has 1 heterocycles. The maximum atomic E-state index is 13.4. The van der Waals surface area contributed by atoms with Crippen molar-refractivity contribution in [1.82, 2.24) is 5.32 Å². The lowest BCUT2D eigenvalue weighted by Gasteiger charge is -2.27. The molecule has 1 aliphatic carbocycles. The van der Waals surface area contributed by atoms with Crippen molar-refractivity contribution in [3.63, 3.8) is 0 Å². The Kier molecular flexibility index (Phi) is 2.54. The summed E-state index contributed by atoms with van der Waals surface area (Å²) in [6.07, 6.45) is 4.73. The highest BCUT2D eigenvalue weighted by molar-refractivity contribution is 4.91. The molecule has 1 saturated heterocycles. The summed E-state index contributed by atoms with van der Waals surface area (Å²) in [7, 11) is 0. The summed E-state index contributed by atoms with van der Waals surface area (Å²) in [6.45, 7) is 0.922. The Hall–Kier alpha value is -0.180. The molecule has 3 heteroatoms. The van der Waals surface area contributed by atoms with Crippen LogP contribution in [-0.4, -0.2) is 18.5 Å². The predicted molar refractivity (Wildman–Crippen MR) is 47.9 cm³/mol. The third-order valence-electron chi connectivity index (χ3n) is 3.11. The van der Waals surface area contributed by atoms with Gasteiger partial charge in [0.15, 0.2) is 0 Å². The normalized spacial score (nSPS) is 30.5. The Bertz CT molecular complexity index is 172. The fourth-order valence-corrected chi connectivity index (χ4v) is 2.10. The Morgan fingerprint density at radius 3 is 2.46 bits per heavy atom. The molecule has 0 aromatic rings. The molecule has 1 nitrogen and oxygen atoms in total. The van der Waals surface area contributed by atoms with Gasteiger partial charge in [0.2, 0.25) is 0 Å². The third kappa shape index (κ3) is 2.39. The first-order valence-electron chi connectivity index (χ1n) is 5.30. The predicted octanol–water partition coefficient (Wildman–Crippen LogP) is 2.56. The van der Waals surface area contributed by atoms with E-state index in [1.807, 2.05) is 0 Å². The molecule has 0 radical (unpaired) electrons. The van der Waals surface area contributed by atoms with Gasteiger partial charge < -0.3 is 5.32 Å². The molecule has 2 fully saturated rings. The molecular weight excluding hydrogens is 172 g/mol. The van der Waals surface area contributed by atoms with Crippen molar-refractivity contribution in [3.05, 3.63) is 0 Å². The molecule has 76 valence electrons. The Labute approximate surface area is 77.9 Å². The minimum absolute atomic E-state index is 0.0671. The van der Waals surface area contributed by atoms with E-state index in [0.717, 1.165) is 38.6 Å². The molecule has 0 aromatic carbocycles. The minimum Gasteiger partial charge on any atom is -0.314 e. The van der Waals surface area contributed by atoms with Gasteiger partial charge in [-0.2, -0.15) is 0 Å².